The maximum atomic E-state index is 6.15. The lowest BCUT2D eigenvalue weighted by Gasteiger charge is -2.27. The van der Waals surface area contributed by atoms with Crippen LogP contribution in [0.1, 0.15) is 19.3 Å². The van der Waals surface area contributed by atoms with E-state index in [1.54, 1.807) is 6.20 Å². The highest BCUT2D eigenvalue weighted by molar-refractivity contribution is 6.32. The molecular weight excluding hydrogens is 274 g/mol. The molecule has 3 rings (SSSR count). The highest BCUT2D eigenvalue weighted by Crippen LogP contribution is 2.28. The van der Waals surface area contributed by atoms with E-state index in [1.165, 1.54) is 25.5 Å². The summed E-state index contributed by atoms with van der Waals surface area (Å²) in [5, 5.41) is 0.495. The first-order chi connectivity index (χ1) is 9.74. The van der Waals surface area contributed by atoms with Gasteiger partial charge in [0.25, 0.3) is 0 Å². The van der Waals surface area contributed by atoms with Crippen molar-refractivity contribution < 1.29 is 0 Å². The number of halogens is 1. The molecule has 0 aromatic carbocycles. The summed E-state index contributed by atoms with van der Waals surface area (Å²) in [4.78, 5) is 14.8. The summed E-state index contributed by atoms with van der Waals surface area (Å²) in [6.45, 7) is 2.10. The van der Waals surface area contributed by atoms with Gasteiger partial charge in [-0.1, -0.05) is 11.6 Å². The molecule has 0 bridgehead atoms. The zero-order valence-corrected chi connectivity index (χ0v) is 11.8. The number of nitrogens with zero attached hydrogens (tertiary/aromatic N) is 4. The molecule has 0 unspecified atom stereocenters. The number of nitrogen functional groups attached to an aromatic ring is 1. The molecule has 0 aliphatic carbocycles. The predicted molar refractivity (Wildman–Crippen MR) is 80.7 cm³/mol. The first kappa shape index (κ1) is 13.1. The molecule has 3 heterocycles. The number of aromatic nitrogens is 3. The molecule has 5 nitrogen and oxygen atoms in total. The molecule has 2 aromatic rings. The van der Waals surface area contributed by atoms with Gasteiger partial charge in [0.05, 0.1) is 16.9 Å². The molecular formula is C14H16ClN5. The summed E-state index contributed by atoms with van der Waals surface area (Å²) < 4.78 is 0. The van der Waals surface area contributed by atoms with Gasteiger partial charge >= 0.3 is 0 Å². The minimum Gasteiger partial charge on any atom is -0.368 e. The summed E-state index contributed by atoms with van der Waals surface area (Å²) in [7, 11) is 0. The van der Waals surface area contributed by atoms with Gasteiger partial charge in [0.1, 0.15) is 5.82 Å². The molecule has 1 fully saturated rings. The normalized spacial score (nSPS) is 15.3. The fourth-order valence-corrected chi connectivity index (χ4v) is 2.65. The van der Waals surface area contributed by atoms with Crippen LogP contribution in [0.3, 0.4) is 0 Å². The Morgan fingerprint density at radius 3 is 2.75 bits per heavy atom. The van der Waals surface area contributed by atoms with Crippen LogP contribution in [0.5, 0.6) is 0 Å². The number of hydrogen-bond acceptors (Lipinski definition) is 5. The Morgan fingerprint density at radius 1 is 1.15 bits per heavy atom. The van der Waals surface area contributed by atoms with E-state index in [9.17, 15) is 0 Å². The van der Waals surface area contributed by atoms with Crippen molar-refractivity contribution in [3.8, 4) is 11.3 Å². The Bertz CT molecular complexity index is 610. The van der Waals surface area contributed by atoms with Crippen LogP contribution in [-0.2, 0) is 0 Å². The van der Waals surface area contributed by atoms with E-state index in [0.717, 1.165) is 24.5 Å². The Labute approximate surface area is 122 Å². The van der Waals surface area contributed by atoms with Crippen LogP contribution < -0.4 is 10.6 Å². The molecule has 1 saturated heterocycles. The standard InChI is InChI=1S/C14H16ClN5/c15-11-9-18-14(16)19-13(11)10-4-5-17-12(8-10)20-6-2-1-3-7-20/h4-5,8-9H,1-3,6-7H2,(H2,16,18,19). The van der Waals surface area contributed by atoms with Crippen LogP contribution in [-0.4, -0.2) is 28.0 Å². The van der Waals surface area contributed by atoms with Crippen LogP contribution in [0.2, 0.25) is 5.02 Å². The van der Waals surface area contributed by atoms with Crippen molar-refractivity contribution in [1.29, 1.82) is 0 Å². The second-order valence-electron chi connectivity index (χ2n) is 4.88. The molecule has 0 radical (unpaired) electrons. The minimum absolute atomic E-state index is 0.223. The number of piperidine rings is 1. The average Bonchev–Trinajstić information content (AvgIpc) is 2.51. The molecule has 104 valence electrons. The number of rotatable bonds is 2. The molecule has 20 heavy (non-hydrogen) atoms. The highest BCUT2D eigenvalue weighted by atomic mass is 35.5. The van der Waals surface area contributed by atoms with E-state index in [-0.39, 0.29) is 5.95 Å². The molecule has 0 atom stereocenters. The van der Waals surface area contributed by atoms with Gasteiger partial charge in [0.15, 0.2) is 0 Å². The van der Waals surface area contributed by atoms with Gasteiger partial charge in [-0.25, -0.2) is 15.0 Å². The summed E-state index contributed by atoms with van der Waals surface area (Å²) in [6, 6.07) is 3.90. The lowest BCUT2D eigenvalue weighted by Crippen LogP contribution is -2.30. The predicted octanol–water partition coefficient (Wildman–Crippen LogP) is 2.76. The van der Waals surface area contributed by atoms with E-state index in [4.69, 9.17) is 17.3 Å². The molecule has 1 aliphatic heterocycles. The zero-order chi connectivity index (χ0) is 13.9. The Hall–Kier alpha value is -1.88. The summed E-state index contributed by atoms with van der Waals surface area (Å²) >= 11 is 6.15. The van der Waals surface area contributed by atoms with Gasteiger partial charge in [-0.15, -0.1) is 0 Å². The fraction of sp³-hybridized carbons (Fsp3) is 0.357. The Balaban J connectivity index is 1.96. The first-order valence-corrected chi connectivity index (χ1v) is 7.11. The van der Waals surface area contributed by atoms with Crippen LogP contribution >= 0.6 is 11.6 Å². The van der Waals surface area contributed by atoms with E-state index in [2.05, 4.69) is 19.9 Å². The SMILES string of the molecule is Nc1ncc(Cl)c(-c2ccnc(N3CCCCC3)c2)n1. The largest absolute Gasteiger partial charge is 0.368 e. The topological polar surface area (TPSA) is 67.9 Å². The smallest absolute Gasteiger partial charge is 0.220 e. The second-order valence-corrected chi connectivity index (χ2v) is 5.28. The van der Waals surface area contributed by atoms with Crippen molar-refractivity contribution in [2.24, 2.45) is 0 Å². The monoisotopic (exact) mass is 289 g/mol. The van der Waals surface area contributed by atoms with Crippen LogP contribution in [0.4, 0.5) is 11.8 Å². The lowest BCUT2D eigenvalue weighted by molar-refractivity contribution is 0.573. The van der Waals surface area contributed by atoms with Gasteiger partial charge < -0.3 is 10.6 Å². The van der Waals surface area contributed by atoms with Gasteiger partial charge in [0, 0.05) is 24.8 Å². The third-order valence-corrected chi connectivity index (χ3v) is 3.74. The lowest BCUT2D eigenvalue weighted by atomic mass is 10.1. The van der Waals surface area contributed by atoms with Crippen molar-refractivity contribution in [3.05, 3.63) is 29.5 Å². The summed E-state index contributed by atoms with van der Waals surface area (Å²) in [5.41, 5.74) is 7.21. The molecule has 0 saturated carbocycles. The van der Waals surface area contributed by atoms with E-state index in [0.29, 0.717) is 10.7 Å². The highest BCUT2D eigenvalue weighted by Gasteiger charge is 2.14. The van der Waals surface area contributed by atoms with Crippen molar-refractivity contribution in [2.75, 3.05) is 23.7 Å². The number of pyridine rings is 1. The molecule has 0 spiro atoms. The maximum Gasteiger partial charge on any atom is 0.220 e. The average molecular weight is 290 g/mol. The van der Waals surface area contributed by atoms with Crippen molar-refractivity contribution >= 4 is 23.4 Å². The van der Waals surface area contributed by atoms with Gasteiger partial charge in [-0.3, -0.25) is 0 Å². The van der Waals surface area contributed by atoms with Gasteiger partial charge in [-0.2, -0.15) is 0 Å². The van der Waals surface area contributed by atoms with Crippen LogP contribution in [0.15, 0.2) is 24.5 Å². The Kier molecular flexibility index (Phi) is 3.69. The molecule has 2 aromatic heterocycles. The zero-order valence-electron chi connectivity index (χ0n) is 11.1. The molecule has 6 heteroatoms. The fourth-order valence-electron chi connectivity index (χ4n) is 2.44. The van der Waals surface area contributed by atoms with Crippen LogP contribution in [0, 0.1) is 0 Å². The molecule has 0 amide bonds. The van der Waals surface area contributed by atoms with Gasteiger partial charge in [0.2, 0.25) is 5.95 Å². The number of nitrogens with two attached hydrogens (primary N) is 1. The third-order valence-electron chi connectivity index (χ3n) is 3.46. The van der Waals surface area contributed by atoms with Crippen molar-refractivity contribution in [3.63, 3.8) is 0 Å². The quantitative estimate of drug-likeness (QED) is 0.921. The molecule has 1 aliphatic rings. The van der Waals surface area contributed by atoms with Crippen LogP contribution in [0.25, 0.3) is 11.3 Å². The van der Waals surface area contributed by atoms with E-state index < -0.39 is 0 Å². The maximum absolute atomic E-state index is 6.15. The number of hydrogen-bond donors (Lipinski definition) is 1. The molecule has 2 N–H and O–H groups in total. The minimum atomic E-state index is 0.223. The third kappa shape index (κ3) is 2.67. The first-order valence-electron chi connectivity index (χ1n) is 6.73. The van der Waals surface area contributed by atoms with Gasteiger partial charge in [-0.05, 0) is 31.4 Å². The summed E-state index contributed by atoms with van der Waals surface area (Å²) in [5.74, 6) is 1.19. The van der Waals surface area contributed by atoms with E-state index in [1.807, 2.05) is 12.1 Å². The van der Waals surface area contributed by atoms with E-state index >= 15 is 0 Å². The summed E-state index contributed by atoms with van der Waals surface area (Å²) in [6.07, 6.45) is 7.04. The Morgan fingerprint density at radius 2 is 1.95 bits per heavy atom. The number of anilines is 2. The van der Waals surface area contributed by atoms with Crippen molar-refractivity contribution in [2.45, 2.75) is 19.3 Å². The van der Waals surface area contributed by atoms with Crippen molar-refractivity contribution in [1.82, 2.24) is 15.0 Å². The second kappa shape index (κ2) is 5.63.